The summed E-state index contributed by atoms with van der Waals surface area (Å²) in [6, 6.07) is 16.8. The van der Waals surface area contributed by atoms with Crippen LogP contribution >= 0.6 is 11.6 Å². The zero-order valence-electron chi connectivity index (χ0n) is 14.8. The molecule has 3 aromatic rings. The molecule has 1 unspecified atom stereocenters. The molecule has 8 nitrogen and oxygen atoms in total. The molecular weight excluding hydrogens is 398 g/mol. The fourth-order valence-electron chi connectivity index (χ4n) is 2.47. The van der Waals surface area contributed by atoms with Crippen molar-refractivity contribution in [2.45, 2.75) is 6.10 Å². The summed E-state index contributed by atoms with van der Waals surface area (Å²) >= 11 is 6.03. The number of esters is 1. The molecule has 0 saturated carbocycles. The van der Waals surface area contributed by atoms with Crippen molar-refractivity contribution in [1.29, 1.82) is 0 Å². The summed E-state index contributed by atoms with van der Waals surface area (Å²) in [7, 11) is 0. The first kappa shape index (κ1) is 20.0. The van der Waals surface area contributed by atoms with E-state index in [9.17, 15) is 19.7 Å². The second-order valence-electron chi connectivity index (χ2n) is 5.82. The predicted molar refractivity (Wildman–Crippen MR) is 106 cm³/mol. The van der Waals surface area contributed by atoms with E-state index in [0.29, 0.717) is 5.56 Å². The second kappa shape index (κ2) is 8.94. The zero-order valence-corrected chi connectivity index (χ0v) is 15.6. The van der Waals surface area contributed by atoms with Gasteiger partial charge in [0.1, 0.15) is 5.69 Å². The molecule has 0 bridgehead atoms. The maximum Gasteiger partial charge on any atom is 0.358 e. The molecule has 146 valence electrons. The van der Waals surface area contributed by atoms with E-state index in [0.717, 1.165) is 6.07 Å². The van der Waals surface area contributed by atoms with Crippen molar-refractivity contribution in [3.8, 4) is 0 Å². The van der Waals surface area contributed by atoms with Crippen molar-refractivity contribution in [2.75, 3.05) is 5.32 Å². The van der Waals surface area contributed by atoms with Crippen molar-refractivity contribution >= 4 is 34.9 Å². The molecular formula is C20H14ClN3O5. The number of carbonyl (C=O) groups is 2. The number of nitro benzene ring substituents is 1. The van der Waals surface area contributed by atoms with Gasteiger partial charge in [-0.25, -0.2) is 9.78 Å². The Bertz CT molecular complexity index is 1040. The van der Waals surface area contributed by atoms with Gasteiger partial charge in [0.15, 0.2) is 0 Å². The number of halogens is 1. The first-order valence-corrected chi connectivity index (χ1v) is 8.75. The van der Waals surface area contributed by atoms with Crippen LogP contribution in [0.15, 0.2) is 72.9 Å². The lowest BCUT2D eigenvalue weighted by molar-refractivity contribution is -0.384. The average Bonchev–Trinajstić information content (AvgIpc) is 2.74. The molecule has 29 heavy (non-hydrogen) atoms. The maximum absolute atomic E-state index is 12.8. The van der Waals surface area contributed by atoms with E-state index < -0.39 is 22.9 Å². The number of non-ortho nitro benzene ring substituents is 1. The van der Waals surface area contributed by atoms with Gasteiger partial charge in [0.25, 0.3) is 11.6 Å². The van der Waals surface area contributed by atoms with Crippen LogP contribution in [0.5, 0.6) is 0 Å². The highest BCUT2D eigenvalue weighted by Gasteiger charge is 2.27. The Balaban J connectivity index is 1.85. The van der Waals surface area contributed by atoms with Crippen LogP contribution in [-0.2, 0) is 9.53 Å². The second-order valence-corrected chi connectivity index (χ2v) is 6.23. The minimum Gasteiger partial charge on any atom is -0.443 e. The van der Waals surface area contributed by atoms with Gasteiger partial charge < -0.3 is 10.1 Å². The minimum atomic E-state index is -1.28. The highest BCUT2D eigenvalue weighted by Crippen LogP contribution is 2.28. The topological polar surface area (TPSA) is 111 Å². The zero-order chi connectivity index (χ0) is 20.8. The number of pyridine rings is 1. The summed E-state index contributed by atoms with van der Waals surface area (Å²) in [6.45, 7) is 0. The van der Waals surface area contributed by atoms with Crippen LogP contribution in [0.1, 0.15) is 22.2 Å². The number of rotatable bonds is 6. The van der Waals surface area contributed by atoms with Crippen LogP contribution in [0.2, 0.25) is 5.02 Å². The molecule has 0 aliphatic heterocycles. The van der Waals surface area contributed by atoms with Gasteiger partial charge in [-0.05, 0) is 18.2 Å². The number of hydrogen-bond acceptors (Lipinski definition) is 6. The minimum absolute atomic E-state index is 0.0181. The van der Waals surface area contributed by atoms with Crippen molar-refractivity contribution in [3.05, 3.63) is 99.3 Å². The van der Waals surface area contributed by atoms with Crippen LogP contribution < -0.4 is 5.32 Å². The van der Waals surface area contributed by atoms with E-state index in [2.05, 4.69) is 10.3 Å². The lowest BCUT2D eigenvalue weighted by Crippen LogP contribution is -2.26. The third-order valence-corrected chi connectivity index (χ3v) is 4.17. The van der Waals surface area contributed by atoms with Gasteiger partial charge in [-0.15, -0.1) is 0 Å². The summed E-state index contributed by atoms with van der Waals surface area (Å²) in [5.41, 5.74) is 0.424. The maximum atomic E-state index is 12.8. The molecule has 1 amide bonds. The first-order chi connectivity index (χ1) is 14.0. The Morgan fingerprint density at radius 3 is 2.41 bits per heavy atom. The molecule has 0 aliphatic rings. The average molecular weight is 412 g/mol. The van der Waals surface area contributed by atoms with Crippen LogP contribution in [0.25, 0.3) is 0 Å². The number of carbonyl (C=O) groups excluding carboxylic acids is 2. The van der Waals surface area contributed by atoms with E-state index in [4.69, 9.17) is 16.3 Å². The summed E-state index contributed by atoms with van der Waals surface area (Å²) in [6.07, 6.45) is 0.155. The van der Waals surface area contributed by atoms with Crippen LogP contribution in [0.4, 0.5) is 11.4 Å². The molecule has 0 aliphatic carbocycles. The highest BCUT2D eigenvalue weighted by atomic mass is 35.5. The summed E-state index contributed by atoms with van der Waals surface area (Å²) in [5.74, 6) is -1.44. The van der Waals surface area contributed by atoms with Gasteiger partial charge >= 0.3 is 5.97 Å². The molecule has 0 fully saturated rings. The van der Waals surface area contributed by atoms with Crippen molar-refractivity contribution in [1.82, 2.24) is 4.98 Å². The van der Waals surface area contributed by atoms with Crippen LogP contribution in [-0.4, -0.2) is 21.8 Å². The number of anilines is 1. The SMILES string of the molecule is O=C(OC(C(=O)Nc1ccc([N+](=O)[O-])cc1Cl)c1ccccc1)c1ccccn1. The number of nitrogens with zero attached hydrogens (tertiary/aromatic N) is 2. The molecule has 3 rings (SSSR count). The van der Waals surface area contributed by atoms with E-state index in [1.54, 1.807) is 42.5 Å². The predicted octanol–water partition coefficient (Wildman–Crippen LogP) is 4.18. The van der Waals surface area contributed by atoms with Gasteiger partial charge in [0.2, 0.25) is 6.10 Å². The monoisotopic (exact) mass is 411 g/mol. The Kier molecular flexibility index (Phi) is 6.16. The fourth-order valence-corrected chi connectivity index (χ4v) is 2.69. The number of nitrogens with one attached hydrogen (secondary N) is 1. The summed E-state index contributed by atoms with van der Waals surface area (Å²) in [4.78, 5) is 39.4. The summed E-state index contributed by atoms with van der Waals surface area (Å²) < 4.78 is 5.39. The lowest BCUT2D eigenvalue weighted by atomic mass is 10.1. The standard InChI is InChI=1S/C20H14ClN3O5/c21-15-12-14(24(27)28)9-10-16(15)23-19(25)18(13-6-2-1-3-7-13)29-20(26)17-8-4-5-11-22-17/h1-12,18H,(H,23,25). The van der Waals surface area contributed by atoms with E-state index in [1.165, 1.54) is 24.4 Å². The lowest BCUT2D eigenvalue weighted by Gasteiger charge is -2.18. The van der Waals surface area contributed by atoms with Gasteiger partial charge in [-0.1, -0.05) is 48.0 Å². The molecule has 9 heteroatoms. The van der Waals surface area contributed by atoms with Gasteiger partial charge in [-0.3, -0.25) is 14.9 Å². The van der Waals surface area contributed by atoms with Gasteiger partial charge in [0, 0.05) is 23.9 Å². The molecule has 1 atom stereocenters. The third kappa shape index (κ3) is 4.94. The molecule has 1 heterocycles. The molecule has 1 N–H and O–H groups in total. The van der Waals surface area contributed by atoms with Crippen molar-refractivity contribution in [3.63, 3.8) is 0 Å². The van der Waals surface area contributed by atoms with Crippen LogP contribution in [0, 0.1) is 10.1 Å². The Hall–Kier alpha value is -3.78. The van der Waals surface area contributed by atoms with E-state index in [-0.39, 0.29) is 22.1 Å². The van der Waals surface area contributed by atoms with Crippen molar-refractivity contribution in [2.24, 2.45) is 0 Å². The number of ether oxygens (including phenoxy) is 1. The number of benzene rings is 2. The quantitative estimate of drug-likeness (QED) is 0.370. The van der Waals surface area contributed by atoms with Gasteiger partial charge in [0.05, 0.1) is 15.6 Å². The first-order valence-electron chi connectivity index (χ1n) is 8.37. The molecule has 0 saturated heterocycles. The molecule has 2 aromatic carbocycles. The number of aromatic nitrogens is 1. The van der Waals surface area contributed by atoms with E-state index in [1.807, 2.05) is 0 Å². The fraction of sp³-hybridized carbons (Fsp3) is 0.0500. The molecule has 1 aromatic heterocycles. The Morgan fingerprint density at radius 1 is 1.07 bits per heavy atom. The van der Waals surface area contributed by atoms with Crippen LogP contribution in [0.3, 0.4) is 0 Å². The highest BCUT2D eigenvalue weighted by molar-refractivity contribution is 6.34. The summed E-state index contributed by atoms with van der Waals surface area (Å²) in [5, 5.41) is 13.4. The number of nitro groups is 1. The number of hydrogen-bond donors (Lipinski definition) is 1. The smallest absolute Gasteiger partial charge is 0.358 e. The van der Waals surface area contributed by atoms with E-state index >= 15 is 0 Å². The Labute approximate surface area is 170 Å². The molecule has 0 radical (unpaired) electrons. The Morgan fingerprint density at radius 2 is 1.79 bits per heavy atom. The number of amides is 1. The van der Waals surface area contributed by atoms with Gasteiger partial charge in [-0.2, -0.15) is 0 Å². The largest absolute Gasteiger partial charge is 0.443 e. The third-order valence-electron chi connectivity index (χ3n) is 3.86. The molecule has 0 spiro atoms. The van der Waals surface area contributed by atoms with Crippen molar-refractivity contribution < 1.29 is 19.2 Å². The normalized spacial score (nSPS) is 11.3.